The van der Waals surface area contributed by atoms with Crippen LogP contribution in [0.3, 0.4) is 0 Å². The van der Waals surface area contributed by atoms with Gasteiger partial charge in [0.05, 0.1) is 17.6 Å². The van der Waals surface area contributed by atoms with Crippen LogP contribution in [-0.2, 0) is 4.74 Å². The van der Waals surface area contributed by atoms with E-state index < -0.39 is 16.6 Å². The molecule has 0 fully saturated rings. The lowest BCUT2D eigenvalue weighted by atomic mass is 10.2. The van der Waals surface area contributed by atoms with E-state index in [0.717, 1.165) is 6.20 Å². The Labute approximate surface area is 109 Å². The van der Waals surface area contributed by atoms with Crippen molar-refractivity contribution in [2.45, 2.75) is 13.0 Å². The summed E-state index contributed by atoms with van der Waals surface area (Å²) in [6, 6.07) is 1.15. The third-order valence-corrected chi connectivity index (χ3v) is 2.73. The van der Waals surface area contributed by atoms with Crippen molar-refractivity contribution in [3.05, 3.63) is 27.9 Å². The molecular weight excluding hydrogens is 254 g/mol. The largest absolute Gasteiger partial charge is 0.477 e. The maximum Gasteiger partial charge on any atom is 0.342 e. The molecule has 0 saturated carbocycles. The van der Waals surface area contributed by atoms with Gasteiger partial charge >= 0.3 is 11.7 Å². The van der Waals surface area contributed by atoms with E-state index in [0.29, 0.717) is 12.4 Å². The molecule has 0 aromatic carbocycles. The Morgan fingerprint density at radius 1 is 1.68 bits per heavy atom. The highest BCUT2D eigenvalue weighted by Crippen LogP contribution is 2.22. The van der Waals surface area contributed by atoms with Crippen LogP contribution in [0.1, 0.15) is 17.3 Å². The fourth-order valence-corrected chi connectivity index (χ4v) is 1.53. The molecule has 0 aliphatic rings. The predicted octanol–water partition coefficient (Wildman–Crippen LogP) is 1.16. The van der Waals surface area contributed by atoms with E-state index in [9.17, 15) is 14.9 Å². The van der Waals surface area contributed by atoms with Gasteiger partial charge in [-0.3, -0.25) is 10.1 Å². The lowest BCUT2D eigenvalue weighted by Gasteiger charge is -2.25. The second-order valence-electron chi connectivity index (χ2n) is 4.04. The van der Waals surface area contributed by atoms with Crippen molar-refractivity contribution in [2.24, 2.45) is 0 Å². The standard InChI is InChI=1S/C11H15N3O5/c1-7(6-19-3)13(2)10-4-8(11(15)16)9(5-12-10)14(17)18/h4-5,7H,6H2,1-3H3,(H,15,16). The molecule has 19 heavy (non-hydrogen) atoms. The first-order chi connectivity index (χ1) is 8.88. The van der Waals surface area contributed by atoms with Crippen molar-refractivity contribution >= 4 is 17.5 Å². The quantitative estimate of drug-likeness (QED) is 0.610. The molecule has 0 aliphatic carbocycles. The Morgan fingerprint density at radius 2 is 2.32 bits per heavy atom. The van der Waals surface area contributed by atoms with Crippen molar-refractivity contribution in [1.82, 2.24) is 4.98 Å². The van der Waals surface area contributed by atoms with Gasteiger partial charge in [0, 0.05) is 20.2 Å². The average molecular weight is 269 g/mol. The minimum Gasteiger partial charge on any atom is -0.477 e. The van der Waals surface area contributed by atoms with Crippen LogP contribution in [0.5, 0.6) is 0 Å². The van der Waals surface area contributed by atoms with Crippen LogP contribution in [0.25, 0.3) is 0 Å². The zero-order chi connectivity index (χ0) is 14.6. The van der Waals surface area contributed by atoms with Crippen LogP contribution in [0, 0.1) is 10.1 Å². The first kappa shape index (κ1) is 14.8. The van der Waals surface area contributed by atoms with Gasteiger partial charge in [-0.15, -0.1) is 0 Å². The maximum absolute atomic E-state index is 11.0. The molecule has 1 heterocycles. The van der Waals surface area contributed by atoms with E-state index in [-0.39, 0.29) is 11.6 Å². The van der Waals surface area contributed by atoms with Gasteiger partial charge in [0.25, 0.3) is 0 Å². The number of methoxy groups -OCH3 is 1. The van der Waals surface area contributed by atoms with Crippen LogP contribution in [0.2, 0.25) is 0 Å². The molecule has 1 aromatic rings. The van der Waals surface area contributed by atoms with Crippen LogP contribution in [0.15, 0.2) is 12.3 Å². The summed E-state index contributed by atoms with van der Waals surface area (Å²) >= 11 is 0. The van der Waals surface area contributed by atoms with Crippen LogP contribution >= 0.6 is 0 Å². The second kappa shape index (κ2) is 6.10. The van der Waals surface area contributed by atoms with Gasteiger partial charge in [-0.1, -0.05) is 0 Å². The Kier molecular flexibility index (Phi) is 4.76. The average Bonchev–Trinajstić information content (AvgIpc) is 2.37. The SMILES string of the molecule is COCC(C)N(C)c1cc(C(=O)O)c([N+](=O)[O-])cn1. The summed E-state index contributed by atoms with van der Waals surface area (Å²) < 4.78 is 4.99. The van der Waals surface area contributed by atoms with E-state index in [2.05, 4.69) is 4.98 Å². The van der Waals surface area contributed by atoms with Gasteiger partial charge in [-0.05, 0) is 6.92 Å². The van der Waals surface area contributed by atoms with E-state index in [1.165, 1.54) is 6.07 Å². The van der Waals surface area contributed by atoms with Crippen molar-refractivity contribution in [1.29, 1.82) is 0 Å². The van der Waals surface area contributed by atoms with Gasteiger partial charge in [-0.2, -0.15) is 0 Å². The number of carbonyl (C=O) groups is 1. The van der Waals surface area contributed by atoms with Gasteiger partial charge in [0.2, 0.25) is 0 Å². The molecule has 0 saturated heterocycles. The molecular formula is C11H15N3O5. The van der Waals surface area contributed by atoms with Crippen LogP contribution < -0.4 is 4.90 Å². The number of rotatable bonds is 6. The fraction of sp³-hybridized carbons (Fsp3) is 0.455. The van der Waals surface area contributed by atoms with E-state index >= 15 is 0 Å². The van der Waals surface area contributed by atoms with Crippen LogP contribution in [0.4, 0.5) is 11.5 Å². The lowest BCUT2D eigenvalue weighted by Crippen LogP contribution is -2.33. The maximum atomic E-state index is 11.0. The topological polar surface area (TPSA) is 106 Å². The first-order valence-electron chi connectivity index (χ1n) is 5.48. The molecule has 1 aromatic heterocycles. The number of carboxylic acid groups (broad SMARTS) is 1. The van der Waals surface area contributed by atoms with Crippen molar-refractivity contribution < 1.29 is 19.6 Å². The summed E-state index contributed by atoms with van der Waals surface area (Å²) in [6.45, 7) is 2.30. The van der Waals surface area contributed by atoms with Gasteiger partial charge in [-0.25, -0.2) is 9.78 Å². The molecule has 104 valence electrons. The number of pyridine rings is 1. The Balaban J connectivity index is 3.15. The molecule has 8 heteroatoms. The third-order valence-electron chi connectivity index (χ3n) is 2.73. The molecule has 0 bridgehead atoms. The van der Waals surface area contributed by atoms with Crippen LogP contribution in [-0.4, -0.2) is 47.8 Å². The third kappa shape index (κ3) is 3.38. The smallest absolute Gasteiger partial charge is 0.342 e. The summed E-state index contributed by atoms with van der Waals surface area (Å²) in [5.41, 5.74) is -0.907. The molecule has 1 atom stereocenters. The monoisotopic (exact) mass is 269 g/mol. The molecule has 8 nitrogen and oxygen atoms in total. The number of carboxylic acids is 1. The normalized spacial score (nSPS) is 11.9. The minimum absolute atomic E-state index is 0.0411. The zero-order valence-corrected chi connectivity index (χ0v) is 10.9. The van der Waals surface area contributed by atoms with Crippen molar-refractivity contribution in [3.8, 4) is 0 Å². The van der Waals surface area contributed by atoms with Gasteiger partial charge in [0.15, 0.2) is 0 Å². The highest BCUT2D eigenvalue weighted by atomic mass is 16.6. The number of nitro groups is 1. The number of nitrogens with zero attached hydrogens (tertiary/aromatic N) is 3. The molecule has 1 N–H and O–H groups in total. The Hall–Kier alpha value is -2.22. The Bertz CT molecular complexity index is 491. The Morgan fingerprint density at radius 3 is 2.79 bits per heavy atom. The highest BCUT2D eigenvalue weighted by Gasteiger charge is 2.23. The number of aromatic carboxylic acids is 1. The molecule has 0 aliphatic heterocycles. The molecule has 0 radical (unpaired) electrons. The van der Waals surface area contributed by atoms with E-state index in [1.54, 1.807) is 19.1 Å². The zero-order valence-electron chi connectivity index (χ0n) is 10.9. The fourth-order valence-electron chi connectivity index (χ4n) is 1.53. The molecule has 1 unspecified atom stereocenters. The number of likely N-dealkylation sites (N-methyl/N-ethyl adjacent to an activating group) is 1. The molecule has 1 rings (SSSR count). The number of hydrogen-bond acceptors (Lipinski definition) is 6. The van der Waals surface area contributed by atoms with E-state index in [1.807, 2.05) is 6.92 Å². The number of aromatic nitrogens is 1. The van der Waals surface area contributed by atoms with Crippen molar-refractivity contribution in [2.75, 3.05) is 25.7 Å². The summed E-state index contributed by atoms with van der Waals surface area (Å²) in [5, 5.41) is 19.7. The van der Waals surface area contributed by atoms with Gasteiger partial charge in [0.1, 0.15) is 17.6 Å². The lowest BCUT2D eigenvalue weighted by molar-refractivity contribution is -0.385. The summed E-state index contributed by atoms with van der Waals surface area (Å²) in [5.74, 6) is -1.02. The highest BCUT2D eigenvalue weighted by molar-refractivity contribution is 5.93. The van der Waals surface area contributed by atoms with Crippen molar-refractivity contribution in [3.63, 3.8) is 0 Å². The minimum atomic E-state index is -1.36. The second-order valence-corrected chi connectivity index (χ2v) is 4.04. The van der Waals surface area contributed by atoms with E-state index in [4.69, 9.17) is 9.84 Å². The molecule has 0 spiro atoms. The summed E-state index contributed by atoms with van der Waals surface area (Å²) in [6.07, 6.45) is 0.953. The summed E-state index contributed by atoms with van der Waals surface area (Å²) in [4.78, 5) is 26.6. The molecule has 0 amide bonds. The predicted molar refractivity (Wildman–Crippen MR) is 67.6 cm³/mol. The van der Waals surface area contributed by atoms with Gasteiger partial charge < -0.3 is 14.7 Å². The number of anilines is 1. The first-order valence-corrected chi connectivity index (χ1v) is 5.48. The number of hydrogen-bond donors (Lipinski definition) is 1. The summed E-state index contributed by atoms with van der Waals surface area (Å²) in [7, 11) is 3.26. The number of ether oxygens (including phenoxy) is 1.